The van der Waals surface area contributed by atoms with Crippen LogP contribution < -0.4 is 14.2 Å². The van der Waals surface area contributed by atoms with Crippen molar-refractivity contribution in [1.82, 2.24) is 0 Å². The molecule has 0 atom stereocenters. The number of para-hydroxylation sites is 1. The van der Waals surface area contributed by atoms with Crippen molar-refractivity contribution in [3.63, 3.8) is 0 Å². The molecule has 0 aliphatic carbocycles. The molecule has 0 amide bonds. The van der Waals surface area contributed by atoms with Gasteiger partial charge in [0.15, 0.2) is 0 Å². The monoisotopic (exact) mass is 456 g/mol. The lowest BCUT2D eigenvalue weighted by atomic mass is 10.2. The Morgan fingerprint density at radius 2 is 0.970 bits per heavy atom. The summed E-state index contributed by atoms with van der Waals surface area (Å²) in [6.45, 7) is 18.1. The van der Waals surface area contributed by atoms with Crippen molar-refractivity contribution in [2.24, 2.45) is 0 Å². The molecule has 0 aromatic heterocycles. The number of benzene rings is 3. The second-order valence-corrected chi connectivity index (χ2v) is 6.01. The van der Waals surface area contributed by atoms with E-state index in [2.05, 4.69) is 6.92 Å². The Morgan fingerprint density at radius 3 is 1.33 bits per heavy atom. The van der Waals surface area contributed by atoms with Crippen LogP contribution in [-0.2, 0) is 0 Å². The highest BCUT2D eigenvalue weighted by atomic mass is 16.5. The minimum atomic E-state index is 0.917. The summed E-state index contributed by atoms with van der Waals surface area (Å²) >= 11 is 0. The third-order valence-corrected chi connectivity index (χ3v) is 3.80. The zero-order chi connectivity index (χ0) is 26.1. The second kappa shape index (κ2) is 25.3. The quantitative estimate of drug-likeness (QED) is 0.393. The van der Waals surface area contributed by atoms with Crippen LogP contribution in [-0.4, -0.2) is 21.3 Å². The maximum absolute atomic E-state index is 5.04. The molecule has 0 saturated carbocycles. The normalized spacial score (nSPS) is 8.00. The van der Waals surface area contributed by atoms with Crippen molar-refractivity contribution in [3.8, 4) is 17.2 Å². The highest BCUT2D eigenvalue weighted by Gasteiger charge is 1.91. The average Bonchev–Trinajstić information content (AvgIpc) is 2.89. The van der Waals surface area contributed by atoms with Crippen molar-refractivity contribution in [3.05, 3.63) is 89.5 Å². The number of rotatable bonds is 3. The molecule has 0 radical (unpaired) electrons. The van der Waals surface area contributed by atoms with Gasteiger partial charge in [-0.3, -0.25) is 0 Å². The maximum atomic E-state index is 5.04. The minimum Gasteiger partial charge on any atom is -0.497 e. The van der Waals surface area contributed by atoms with E-state index in [1.807, 2.05) is 128 Å². The molecule has 0 saturated heterocycles. The largest absolute Gasteiger partial charge is 0.497 e. The Hall–Kier alpha value is -2.94. The molecule has 0 bridgehead atoms. The van der Waals surface area contributed by atoms with Crippen LogP contribution in [0.1, 0.15) is 58.2 Å². The predicted octanol–water partition coefficient (Wildman–Crippen LogP) is 9.09. The molecular weight excluding hydrogens is 408 g/mol. The van der Waals surface area contributed by atoms with E-state index >= 15 is 0 Å². The maximum Gasteiger partial charge on any atom is 0.121 e. The van der Waals surface area contributed by atoms with E-state index in [9.17, 15) is 0 Å². The number of ether oxygens (including phenoxy) is 3. The Morgan fingerprint density at radius 1 is 0.455 bits per heavy atom. The van der Waals surface area contributed by atoms with Crippen LogP contribution in [0.25, 0.3) is 0 Å². The van der Waals surface area contributed by atoms with Gasteiger partial charge in [0.25, 0.3) is 0 Å². The third-order valence-electron chi connectivity index (χ3n) is 3.80. The number of aryl methyl sites for hydroxylation is 3. The number of methoxy groups -OCH3 is 3. The van der Waals surface area contributed by atoms with Gasteiger partial charge in [-0.15, -0.1) is 0 Å². The lowest BCUT2D eigenvalue weighted by Crippen LogP contribution is -1.84. The van der Waals surface area contributed by atoms with Crippen LogP contribution in [0.5, 0.6) is 17.2 Å². The first-order valence-corrected chi connectivity index (χ1v) is 11.8. The second-order valence-electron chi connectivity index (χ2n) is 6.01. The van der Waals surface area contributed by atoms with Gasteiger partial charge in [-0.05, 0) is 62.2 Å². The van der Waals surface area contributed by atoms with Gasteiger partial charge in [0.05, 0.1) is 21.3 Å². The smallest absolute Gasteiger partial charge is 0.121 e. The van der Waals surface area contributed by atoms with Crippen molar-refractivity contribution < 1.29 is 14.2 Å². The molecular formula is C30H48O3. The van der Waals surface area contributed by atoms with Gasteiger partial charge in [0.1, 0.15) is 17.2 Å². The van der Waals surface area contributed by atoms with E-state index in [0.29, 0.717) is 0 Å². The fourth-order valence-corrected chi connectivity index (χ4v) is 2.20. The Balaban J connectivity index is -0.000000367. The van der Waals surface area contributed by atoms with Crippen molar-refractivity contribution in [1.29, 1.82) is 0 Å². The highest BCUT2D eigenvalue weighted by Crippen LogP contribution is 2.14. The average molecular weight is 457 g/mol. The zero-order valence-electron chi connectivity index (χ0n) is 23.2. The SMILES string of the molecule is CC.CC.CC.COc1ccc(C)cc1.COc1cccc(C)c1.COc1ccccc1C. The van der Waals surface area contributed by atoms with Crippen LogP contribution in [0, 0.1) is 20.8 Å². The van der Waals surface area contributed by atoms with E-state index in [-0.39, 0.29) is 0 Å². The number of hydrogen-bond donors (Lipinski definition) is 0. The molecule has 3 aromatic carbocycles. The van der Waals surface area contributed by atoms with E-state index in [1.165, 1.54) is 16.7 Å². The van der Waals surface area contributed by atoms with Gasteiger partial charge in [0.2, 0.25) is 0 Å². The Kier molecular flexibility index (Phi) is 26.6. The molecule has 186 valence electrons. The first-order chi connectivity index (χ1) is 16.0. The van der Waals surface area contributed by atoms with E-state index in [4.69, 9.17) is 14.2 Å². The molecule has 0 aliphatic heterocycles. The van der Waals surface area contributed by atoms with Gasteiger partial charge in [-0.25, -0.2) is 0 Å². The van der Waals surface area contributed by atoms with Crippen molar-refractivity contribution >= 4 is 0 Å². The standard InChI is InChI=1S/3C8H10O.3C2H6/c1-7-3-5-8(9-2)6-4-7;1-7-4-3-5-8(6-7)9-2;1-7-5-3-4-6-8(7)9-2;3*1-2/h3*3-6H,1-2H3;3*1-2H3. The minimum absolute atomic E-state index is 0.917. The molecule has 3 rings (SSSR count). The Labute approximate surface area is 204 Å². The topological polar surface area (TPSA) is 27.7 Å². The molecule has 3 heteroatoms. The molecule has 0 aliphatic rings. The first kappa shape index (κ1) is 34.7. The van der Waals surface area contributed by atoms with E-state index < -0.39 is 0 Å². The highest BCUT2D eigenvalue weighted by molar-refractivity contribution is 5.31. The molecule has 0 spiro atoms. The van der Waals surface area contributed by atoms with Gasteiger partial charge < -0.3 is 14.2 Å². The van der Waals surface area contributed by atoms with Gasteiger partial charge in [-0.1, -0.05) is 89.6 Å². The lowest BCUT2D eigenvalue weighted by molar-refractivity contribution is 0.411. The summed E-state index contributed by atoms with van der Waals surface area (Å²) in [7, 11) is 5.03. The fraction of sp³-hybridized carbons (Fsp3) is 0.400. The van der Waals surface area contributed by atoms with Crippen LogP contribution in [0.4, 0.5) is 0 Å². The van der Waals surface area contributed by atoms with E-state index in [0.717, 1.165) is 17.2 Å². The van der Waals surface area contributed by atoms with Crippen LogP contribution in [0.2, 0.25) is 0 Å². The summed E-state index contributed by atoms with van der Waals surface area (Å²) in [4.78, 5) is 0. The molecule has 0 N–H and O–H groups in total. The lowest BCUT2D eigenvalue weighted by Gasteiger charge is -2.00. The van der Waals surface area contributed by atoms with Crippen molar-refractivity contribution in [2.75, 3.05) is 21.3 Å². The fourth-order valence-electron chi connectivity index (χ4n) is 2.20. The summed E-state index contributed by atoms with van der Waals surface area (Å²) < 4.78 is 15.0. The van der Waals surface area contributed by atoms with Gasteiger partial charge in [-0.2, -0.15) is 0 Å². The predicted molar refractivity (Wildman–Crippen MR) is 147 cm³/mol. The van der Waals surface area contributed by atoms with Crippen molar-refractivity contribution in [2.45, 2.75) is 62.3 Å². The molecule has 3 aromatic rings. The molecule has 0 unspecified atom stereocenters. The summed E-state index contributed by atoms with van der Waals surface area (Å²) in [6.07, 6.45) is 0. The summed E-state index contributed by atoms with van der Waals surface area (Å²) in [5.74, 6) is 2.80. The summed E-state index contributed by atoms with van der Waals surface area (Å²) in [5.41, 5.74) is 3.67. The first-order valence-electron chi connectivity index (χ1n) is 11.8. The summed E-state index contributed by atoms with van der Waals surface area (Å²) in [6, 6.07) is 23.9. The van der Waals surface area contributed by atoms with Gasteiger partial charge in [0, 0.05) is 0 Å². The third kappa shape index (κ3) is 18.3. The Bertz CT molecular complexity index is 781. The molecule has 0 fully saturated rings. The van der Waals surface area contributed by atoms with Crippen LogP contribution >= 0.6 is 0 Å². The molecule has 33 heavy (non-hydrogen) atoms. The summed E-state index contributed by atoms with van der Waals surface area (Å²) in [5, 5.41) is 0. The van der Waals surface area contributed by atoms with E-state index in [1.54, 1.807) is 21.3 Å². The van der Waals surface area contributed by atoms with Gasteiger partial charge >= 0.3 is 0 Å². The molecule has 0 heterocycles. The zero-order valence-corrected chi connectivity index (χ0v) is 23.2. The number of hydrogen-bond acceptors (Lipinski definition) is 3. The molecule has 3 nitrogen and oxygen atoms in total. The van der Waals surface area contributed by atoms with Crippen LogP contribution in [0.15, 0.2) is 72.8 Å². The van der Waals surface area contributed by atoms with Crippen LogP contribution in [0.3, 0.4) is 0 Å².